The number of nitrogens with two attached hydrogens (primary N) is 1. The Morgan fingerprint density at radius 1 is 1.53 bits per heavy atom. The monoisotopic (exact) mass is 280 g/mol. The molecule has 0 heterocycles. The van der Waals surface area contributed by atoms with Crippen LogP contribution in [0.2, 0.25) is 0 Å². The van der Waals surface area contributed by atoms with E-state index in [4.69, 9.17) is 10.5 Å². The molecule has 3 N–H and O–H groups in total. The van der Waals surface area contributed by atoms with Gasteiger partial charge in [0.2, 0.25) is 0 Å². The molecule has 0 spiro atoms. The molecule has 0 atom stereocenters. The Bertz CT molecular complexity index is 467. The third kappa shape index (κ3) is 2.81. The normalized spacial score (nSPS) is 16.5. The van der Waals surface area contributed by atoms with Crippen LogP contribution in [0.4, 0.5) is 5.69 Å². The van der Waals surface area contributed by atoms with Gasteiger partial charge in [0.05, 0.1) is 7.11 Å². The molecule has 1 aliphatic carbocycles. The van der Waals surface area contributed by atoms with Crippen LogP contribution in [-0.2, 0) is 0 Å². The van der Waals surface area contributed by atoms with Crippen LogP contribution >= 0.6 is 11.8 Å². The third-order valence-corrected chi connectivity index (χ3v) is 5.19. The summed E-state index contributed by atoms with van der Waals surface area (Å²) in [5, 5.41) is 2.99. The van der Waals surface area contributed by atoms with Crippen LogP contribution in [0.15, 0.2) is 18.2 Å². The second-order valence-corrected chi connectivity index (χ2v) is 6.12. The number of hydrogen-bond acceptors (Lipinski definition) is 4. The maximum atomic E-state index is 12.3. The Kier molecular flexibility index (Phi) is 4.24. The van der Waals surface area contributed by atoms with Crippen molar-refractivity contribution in [2.75, 3.05) is 25.6 Å². The van der Waals surface area contributed by atoms with Gasteiger partial charge >= 0.3 is 0 Å². The van der Waals surface area contributed by atoms with Gasteiger partial charge < -0.3 is 15.8 Å². The second kappa shape index (κ2) is 5.74. The van der Waals surface area contributed by atoms with Crippen LogP contribution in [0.1, 0.15) is 29.6 Å². The molecule has 0 radical (unpaired) electrons. The maximum absolute atomic E-state index is 12.3. The Morgan fingerprint density at radius 2 is 2.26 bits per heavy atom. The Morgan fingerprint density at radius 3 is 2.79 bits per heavy atom. The first-order chi connectivity index (χ1) is 9.12. The first-order valence-electron chi connectivity index (χ1n) is 6.38. The molecule has 1 fully saturated rings. The fourth-order valence-corrected chi connectivity index (χ4v) is 3.23. The van der Waals surface area contributed by atoms with Crippen LogP contribution in [0.3, 0.4) is 0 Å². The van der Waals surface area contributed by atoms with E-state index in [1.165, 1.54) is 6.42 Å². The summed E-state index contributed by atoms with van der Waals surface area (Å²) in [7, 11) is 1.54. The molecule has 104 valence electrons. The van der Waals surface area contributed by atoms with Gasteiger partial charge in [0, 0.05) is 17.0 Å². The molecule has 1 aromatic rings. The van der Waals surface area contributed by atoms with Gasteiger partial charge in [-0.05, 0) is 31.2 Å². The van der Waals surface area contributed by atoms with Crippen molar-refractivity contribution in [3.8, 4) is 5.75 Å². The standard InChI is InChI=1S/C14H20N2O2S/c1-18-11-6-3-5-10(15)12(11)13(17)16-9-14(19-2)7-4-8-14/h3,5-6H,4,7-9,15H2,1-2H3,(H,16,17). The highest BCUT2D eigenvalue weighted by molar-refractivity contribution is 8.00. The van der Waals surface area contributed by atoms with Gasteiger partial charge in [-0.2, -0.15) is 11.8 Å². The SMILES string of the molecule is COc1cccc(N)c1C(=O)NCC1(SC)CCC1. The summed E-state index contributed by atoms with van der Waals surface area (Å²) >= 11 is 1.83. The Hall–Kier alpha value is -1.36. The van der Waals surface area contributed by atoms with Crippen molar-refractivity contribution in [3.63, 3.8) is 0 Å². The summed E-state index contributed by atoms with van der Waals surface area (Å²) in [6, 6.07) is 5.24. The van der Waals surface area contributed by atoms with Gasteiger partial charge in [-0.3, -0.25) is 4.79 Å². The molecule has 1 amide bonds. The van der Waals surface area contributed by atoms with E-state index >= 15 is 0 Å². The lowest BCUT2D eigenvalue weighted by Crippen LogP contribution is -2.45. The van der Waals surface area contributed by atoms with Gasteiger partial charge in [0.1, 0.15) is 11.3 Å². The Labute approximate surface area is 118 Å². The smallest absolute Gasteiger partial charge is 0.257 e. The number of ether oxygens (including phenoxy) is 1. The van der Waals surface area contributed by atoms with E-state index in [0.717, 1.165) is 12.8 Å². The third-order valence-electron chi connectivity index (χ3n) is 3.77. The minimum Gasteiger partial charge on any atom is -0.496 e. The number of carbonyl (C=O) groups excluding carboxylic acids is 1. The van der Waals surface area contributed by atoms with Crippen LogP contribution in [-0.4, -0.2) is 30.6 Å². The lowest BCUT2D eigenvalue weighted by molar-refractivity contribution is 0.0942. The number of carbonyl (C=O) groups is 1. The topological polar surface area (TPSA) is 64.3 Å². The molecule has 1 aromatic carbocycles. The van der Waals surface area contributed by atoms with Crippen molar-refractivity contribution in [2.45, 2.75) is 24.0 Å². The van der Waals surface area contributed by atoms with Crippen LogP contribution in [0.5, 0.6) is 5.75 Å². The number of rotatable bonds is 5. The Balaban J connectivity index is 2.08. The number of nitrogens with one attached hydrogen (secondary N) is 1. The minimum absolute atomic E-state index is 0.157. The molecule has 19 heavy (non-hydrogen) atoms. The van der Waals surface area contributed by atoms with E-state index in [1.807, 2.05) is 11.8 Å². The molecular formula is C14H20N2O2S. The number of benzene rings is 1. The van der Waals surface area contributed by atoms with E-state index < -0.39 is 0 Å². The zero-order valence-electron chi connectivity index (χ0n) is 11.4. The summed E-state index contributed by atoms with van der Waals surface area (Å²) in [6.07, 6.45) is 5.67. The van der Waals surface area contributed by atoms with E-state index in [-0.39, 0.29) is 10.7 Å². The molecule has 5 heteroatoms. The number of amides is 1. The fraction of sp³-hybridized carbons (Fsp3) is 0.500. The molecular weight excluding hydrogens is 260 g/mol. The van der Waals surface area contributed by atoms with Gasteiger partial charge in [0.15, 0.2) is 0 Å². The molecule has 2 rings (SSSR count). The minimum atomic E-state index is -0.157. The van der Waals surface area contributed by atoms with Gasteiger partial charge in [-0.15, -0.1) is 0 Å². The van der Waals surface area contributed by atoms with Crippen molar-refractivity contribution in [1.82, 2.24) is 5.32 Å². The number of thioether (sulfide) groups is 1. The lowest BCUT2D eigenvalue weighted by atomic mass is 9.84. The quantitative estimate of drug-likeness (QED) is 0.812. The largest absolute Gasteiger partial charge is 0.496 e. The lowest BCUT2D eigenvalue weighted by Gasteiger charge is -2.40. The average Bonchev–Trinajstić information content (AvgIpc) is 2.37. The highest BCUT2D eigenvalue weighted by Gasteiger charge is 2.36. The van der Waals surface area contributed by atoms with E-state index in [0.29, 0.717) is 23.5 Å². The van der Waals surface area contributed by atoms with Crippen LogP contribution in [0, 0.1) is 0 Å². The van der Waals surface area contributed by atoms with Crippen molar-refractivity contribution in [1.29, 1.82) is 0 Å². The zero-order chi connectivity index (χ0) is 13.9. The summed E-state index contributed by atoms with van der Waals surface area (Å²) in [6.45, 7) is 0.685. The molecule has 1 aliphatic rings. The van der Waals surface area contributed by atoms with Crippen molar-refractivity contribution in [3.05, 3.63) is 23.8 Å². The molecule has 0 aromatic heterocycles. The molecule has 4 nitrogen and oxygen atoms in total. The fourth-order valence-electron chi connectivity index (χ4n) is 2.32. The summed E-state index contributed by atoms with van der Waals surface area (Å²) in [4.78, 5) is 12.3. The highest BCUT2D eigenvalue weighted by Crippen LogP contribution is 2.42. The van der Waals surface area contributed by atoms with E-state index in [9.17, 15) is 4.79 Å². The van der Waals surface area contributed by atoms with E-state index in [2.05, 4.69) is 11.6 Å². The second-order valence-electron chi connectivity index (χ2n) is 4.85. The molecule has 0 saturated heterocycles. The predicted molar refractivity (Wildman–Crippen MR) is 79.8 cm³/mol. The average molecular weight is 280 g/mol. The molecule has 0 aliphatic heterocycles. The summed E-state index contributed by atoms with van der Waals surface area (Å²) in [5.41, 5.74) is 6.75. The van der Waals surface area contributed by atoms with Gasteiger partial charge in [0.25, 0.3) is 5.91 Å². The number of hydrogen-bond donors (Lipinski definition) is 2. The molecule has 0 unspecified atom stereocenters. The van der Waals surface area contributed by atoms with E-state index in [1.54, 1.807) is 25.3 Å². The number of anilines is 1. The number of nitrogen functional groups attached to an aromatic ring is 1. The van der Waals surface area contributed by atoms with Crippen LogP contribution < -0.4 is 15.8 Å². The first-order valence-corrected chi connectivity index (χ1v) is 7.60. The van der Waals surface area contributed by atoms with Crippen molar-refractivity contribution >= 4 is 23.4 Å². The predicted octanol–water partition coefficient (Wildman–Crippen LogP) is 2.29. The summed E-state index contributed by atoms with van der Waals surface area (Å²) < 4.78 is 5.41. The van der Waals surface area contributed by atoms with Crippen LogP contribution in [0.25, 0.3) is 0 Å². The zero-order valence-corrected chi connectivity index (χ0v) is 12.2. The van der Waals surface area contributed by atoms with Crippen molar-refractivity contribution in [2.24, 2.45) is 0 Å². The number of methoxy groups -OCH3 is 1. The highest BCUT2D eigenvalue weighted by atomic mass is 32.2. The van der Waals surface area contributed by atoms with Gasteiger partial charge in [-0.1, -0.05) is 12.5 Å². The van der Waals surface area contributed by atoms with Crippen molar-refractivity contribution < 1.29 is 9.53 Å². The summed E-state index contributed by atoms with van der Waals surface area (Å²) in [5.74, 6) is 0.361. The maximum Gasteiger partial charge on any atom is 0.257 e. The first kappa shape index (κ1) is 14.1. The van der Waals surface area contributed by atoms with Gasteiger partial charge in [-0.25, -0.2) is 0 Å². The molecule has 1 saturated carbocycles. The molecule has 0 bridgehead atoms.